The van der Waals surface area contributed by atoms with Crippen LogP contribution in [0.1, 0.15) is 46.7 Å². The minimum atomic E-state index is 0.117. The fourth-order valence-electron chi connectivity index (χ4n) is 5.87. The molecule has 3 fully saturated rings. The van der Waals surface area contributed by atoms with E-state index in [-0.39, 0.29) is 5.91 Å². The van der Waals surface area contributed by atoms with Gasteiger partial charge in [-0.1, -0.05) is 24.3 Å². The molecule has 0 radical (unpaired) electrons. The SMILES string of the molecule is Cc1ccccc1[C@@H]1CCN(CCNC2CCN(c3ccc(C(=O)N4CCOCC4)cc3)CC2)C1. The van der Waals surface area contributed by atoms with Crippen LogP contribution in [0.2, 0.25) is 0 Å². The van der Waals surface area contributed by atoms with Gasteiger partial charge in [-0.05, 0) is 74.0 Å². The second-order valence-electron chi connectivity index (χ2n) is 10.3. The zero-order valence-corrected chi connectivity index (χ0v) is 21.1. The van der Waals surface area contributed by atoms with Gasteiger partial charge in [0, 0.05) is 63.1 Å². The van der Waals surface area contributed by atoms with Crippen molar-refractivity contribution in [2.24, 2.45) is 0 Å². The zero-order chi connectivity index (χ0) is 24.0. The van der Waals surface area contributed by atoms with E-state index in [0.717, 1.165) is 31.7 Å². The topological polar surface area (TPSA) is 48.0 Å². The van der Waals surface area contributed by atoms with Crippen LogP contribution in [0.15, 0.2) is 48.5 Å². The summed E-state index contributed by atoms with van der Waals surface area (Å²) in [6.45, 7) is 11.6. The Bertz CT molecular complexity index is 965. The Morgan fingerprint density at radius 3 is 2.43 bits per heavy atom. The van der Waals surface area contributed by atoms with Crippen LogP contribution < -0.4 is 10.2 Å². The van der Waals surface area contributed by atoms with Gasteiger partial charge in [0.05, 0.1) is 13.2 Å². The molecule has 3 aliphatic rings. The van der Waals surface area contributed by atoms with Gasteiger partial charge in [-0.15, -0.1) is 0 Å². The summed E-state index contributed by atoms with van der Waals surface area (Å²) < 4.78 is 5.36. The molecule has 5 rings (SSSR count). The lowest BCUT2D eigenvalue weighted by atomic mass is 9.94. The number of benzene rings is 2. The van der Waals surface area contributed by atoms with E-state index in [0.29, 0.717) is 38.3 Å². The van der Waals surface area contributed by atoms with Crippen molar-refractivity contribution in [1.29, 1.82) is 0 Å². The van der Waals surface area contributed by atoms with E-state index in [2.05, 4.69) is 58.4 Å². The fraction of sp³-hybridized carbons (Fsp3) is 0.552. The van der Waals surface area contributed by atoms with E-state index < -0.39 is 0 Å². The summed E-state index contributed by atoms with van der Waals surface area (Å²) in [7, 11) is 0. The Morgan fingerprint density at radius 2 is 1.69 bits per heavy atom. The Balaban J connectivity index is 1.02. The third-order valence-electron chi connectivity index (χ3n) is 8.03. The molecule has 2 aromatic rings. The molecule has 35 heavy (non-hydrogen) atoms. The van der Waals surface area contributed by atoms with E-state index in [1.165, 1.54) is 49.2 Å². The Kier molecular flexibility index (Phi) is 8.02. The number of anilines is 1. The first-order valence-corrected chi connectivity index (χ1v) is 13.4. The third kappa shape index (κ3) is 6.05. The average molecular weight is 477 g/mol. The maximum Gasteiger partial charge on any atom is 0.254 e. The summed E-state index contributed by atoms with van der Waals surface area (Å²) in [5.74, 6) is 0.806. The van der Waals surface area contributed by atoms with Gasteiger partial charge in [0.25, 0.3) is 5.91 Å². The van der Waals surface area contributed by atoms with Crippen LogP contribution >= 0.6 is 0 Å². The number of nitrogens with one attached hydrogen (secondary N) is 1. The number of hydrogen-bond donors (Lipinski definition) is 1. The molecule has 0 spiro atoms. The monoisotopic (exact) mass is 476 g/mol. The zero-order valence-electron chi connectivity index (χ0n) is 21.1. The van der Waals surface area contributed by atoms with E-state index in [1.807, 2.05) is 17.0 Å². The Hall–Kier alpha value is -2.41. The van der Waals surface area contributed by atoms with Crippen LogP contribution in [0, 0.1) is 6.92 Å². The number of nitrogens with zero attached hydrogens (tertiary/aromatic N) is 3. The Morgan fingerprint density at radius 1 is 0.943 bits per heavy atom. The predicted molar refractivity (Wildman–Crippen MR) is 141 cm³/mol. The summed E-state index contributed by atoms with van der Waals surface area (Å²) in [5, 5.41) is 3.82. The molecule has 0 unspecified atom stereocenters. The number of rotatable bonds is 7. The number of carbonyl (C=O) groups is 1. The number of morpholine rings is 1. The highest BCUT2D eigenvalue weighted by atomic mass is 16.5. The normalized spacial score (nSPS) is 22.0. The Labute approximate surface area is 210 Å². The van der Waals surface area contributed by atoms with Crippen molar-refractivity contribution in [3.63, 3.8) is 0 Å². The molecule has 0 aliphatic carbocycles. The summed E-state index contributed by atoms with van der Waals surface area (Å²) in [6, 6.07) is 17.7. The number of piperidine rings is 1. The maximum atomic E-state index is 12.7. The number of aryl methyl sites for hydroxylation is 1. The molecule has 6 heteroatoms. The highest BCUT2D eigenvalue weighted by Crippen LogP contribution is 2.29. The molecule has 188 valence electrons. The first-order valence-electron chi connectivity index (χ1n) is 13.4. The van der Waals surface area contributed by atoms with Gasteiger partial charge in [0.2, 0.25) is 0 Å². The first-order chi connectivity index (χ1) is 17.2. The van der Waals surface area contributed by atoms with Crippen LogP contribution in [0.4, 0.5) is 5.69 Å². The predicted octanol–water partition coefficient (Wildman–Crippen LogP) is 3.52. The van der Waals surface area contributed by atoms with Gasteiger partial charge >= 0.3 is 0 Å². The summed E-state index contributed by atoms with van der Waals surface area (Å²) in [6.07, 6.45) is 3.61. The summed E-state index contributed by atoms with van der Waals surface area (Å²) in [5.41, 5.74) is 4.97. The molecular formula is C29H40N4O2. The highest BCUT2D eigenvalue weighted by molar-refractivity contribution is 5.94. The molecule has 3 heterocycles. The minimum absolute atomic E-state index is 0.117. The number of hydrogen-bond acceptors (Lipinski definition) is 5. The van der Waals surface area contributed by atoms with Crippen molar-refractivity contribution in [1.82, 2.24) is 15.1 Å². The molecule has 0 bridgehead atoms. The number of likely N-dealkylation sites (tertiary alicyclic amines) is 1. The third-order valence-corrected chi connectivity index (χ3v) is 8.03. The summed E-state index contributed by atoms with van der Waals surface area (Å²) in [4.78, 5) is 19.6. The van der Waals surface area contributed by atoms with Gasteiger partial charge in [-0.3, -0.25) is 4.79 Å². The largest absolute Gasteiger partial charge is 0.378 e. The van der Waals surface area contributed by atoms with Crippen LogP contribution in [0.3, 0.4) is 0 Å². The molecule has 2 aromatic carbocycles. The molecule has 3 aliphatic heterocycles. The molecule has 0 saturated carbocycles. The smallest absolute Gasteiger partial charge is 0.254 e. The van der Waals surface area contributed by atoms with E-state index in [1.54, 1.807) is 0 Å². The van der Waals surface area contributed by atoms with Crippen molar-refractivity contribution in [3.8, 4) is 0 Å². The van der Waals surface area contributed by atoms with Crippen LogP contribution in [0.5, 0.6) is 0 Å². The van der Waals surface area contributed by atoms with Crippen LogP contribution in [-0.4, -0.2) is 87.3 Å². The summed E-state index contributed by atoms with van der Waals surface area (Å²) >= 11 is 0. The second-order valence-corrected chi connectivity index (χ2v) is 10.3. The molecular weight excluding hydrogens is 436 g/mol. The molecule has 1 N–H and O–H groups in total. The van der Waals surface area contributed by atoms with E-state index >= 15 is 0 Å². The average Bonchev–Trinajstić information content (AvgIpc) is 3.38. The fourth-order valence-corrected chi connectivity index (χ4v) is 5.87. The standard InChI is InChI=1S/C29H40N4O2/c1-23-4-2-3-5-28(23)25-10-14-31(22-25)17-13-30-26-11-15-32(16-12-26)27-8-6-24(7-9-27)29(34)33-18-20-35-21-19-33/h2-9,25-26,30H,10-22H2,1H3/t25-/m1/s1. The van der Waals surface area contributed by atoms with Gasteiger partial charge in [-0.25, -0.2) is 0 Å². The lowest BCUT2D eigenvalue weighted by Crippen LogP contribution is -2.44. The first kappa shape index (κ1) is 24.3. The number of amides is 1. The second kappa shape index (κ2) is 11.5. The molecule has 0 aromatic heterocycles. The van der Waals surface area contributed by atoms with Gasteiger partial charge in [0.15, 0.2) is 0 Å². The van der Waals surface area contributed by atoms with Crippen LogP contribution in [0.25, 0.3) is 0 Å². The van der Waals surface area contributed by atoms with Crippen molar-refractivity contribution >= 4 is 11.6 Å². The molecule has 3 saturated heterocycles. The quantitative estimate of drug-likeness (QED) is 0.663. The van der Waals surface area contributed by atoms with Crippen molar-refractivity contribution in [2.45, 2.75) is 38.1 Å². The number of carbonyl (C=O) groups excluding carboxylic acids is 1. The lowest BCUT2D eigenvalue weighted by Gasteiger charge is -2.34. The van der Waals surface area contributed by atoms with Crippen molar-refractivity contribution in [3.05, 3.63) is 65.2 Å². The van der Waals surface area contributed by atoms with Crippen molar-refractivity contribution < 1.29 is 9.53 Å². The molecule has 6 nitrogen and oxygen atoms in total. The maximum absolute atomic E-state index is 12.7. The van der Waals surface area contributed by atoms with Gasteiger partial charge < -0.3 is 24.8 Å². The molecule has 1 atom stereocenters. The van der Waals surface area contributed by atoms with Gasteiger partial charge in [-0.2, -0.15) is 0 Å². The molecule has 1 amide bonds. The van der Waals surface area contributed by atoms with Crippen molar-refractivity contribution in [2.75, 3.05) is 70.5 Å². The minimum Gasteiger partial charge on any atom is -0.378 e. The highest BCUT2D eigenvalue weighted by Gasteiger charge is 2.25. The van der Waals surface area contributed by atoms with Gasteiger partial charge in [0.1, 0.15) is 0 Å². The van der Waals surface area contributed by atoms with E-state index in [9.17, 15) is 4.79 Å². The van der Waals surface area contributed by atoms with Crippen LogP contribution in [-0.2, 0) is 4.74 Å². The number of ether oxygens (including phenoxy) is 1. The lowest BCUT2D eigenvalue weighted by molar-refractivity contribution is 0.0303. The van der Waals surface area contributed by atoms with E-state index in [4.69, 9.17) is 4.74 Å².